The molecule has 4 rings (SSSR count). The Morgan fingerprint density at radius 1 is 1.18 bits per heavy atom. The molecule has 0 aromatic heterocycles. The Kier molecular flexibility index (Phi) is 9.71. The minimum Gasteiger partial charge on any atom is -0.510 e. The SMILES string of the molecule is CN(C)C(C=O)CNc1ccc2c(c1O)C(=O)C1=C(O)C3(O)C(=O)C(C(N)=O)=C(O)[C@@H](N(C)C)C3CC1C2.Cl.Cl. The topological polar surface area (TPSA) is 194 Å². The van der Waals surface area contributed by atoms with E-state index < -0.39 is 64.1 Å². The number of aliphatic hydroxyl groups excluding tert-OH is 2. The number of nitrogens with two attached hydrogens (primary N) is 1. The predicted octanol–water partition coefficient (Wildman–Crippen LogP) is 0.505. The van der Waals surface area contributed by atoms with Gasteiger partial charge in [-0.1, -0.05) is 6.07 Å². The largest absolute Gasteiger partial charge is 0.510 e. The molecule has 220 valence electrons. The maximum absolute atomic E-state index is 13.7. The van der Waals surface area contributed by atoms with E-state index in [0.717, 1.165) is 6.29 Å². The molecule has 0 fully saturated rings. The number of likely N-dealkylation sites (N-methyl/N-ethyl adjacent to an activating group) is 2. The smallest absolute Gasteiger partial charge is 0.255 e. The molecule has 3 aliphatic rings. The van der Waals surface area contributed by atoms with E-state index in [1.54, 1.807) is 45.2 Å². The van der Waals surface area contributed by atoms with Crippen molar-refractivity contribution in [1.29, 1.82) is 0 Å². The van der Waals surface area contributed by atoms with E-state index in [1.807, 2.05) is 0 Å². The lowest BCUT2D eigenvalue weighted by Crippen LogP contribution is -2.63. The number of carbonyl (C=O) groups excluding carboxylic acids is 4. The van der Waals surface area contributed by atoms with Gasteiger partial charge in [-0.05, 0) is 58.6 Å². The molecule has 0 saturated carbocycles. The molecule has 5 atom stereocenters. The summed E-state index contributed by atoms with van der Waals surface area (Å²) in [6, 6.07) is 1.72. The Bertz CT molecular complexity index is 1310. The molecule has 3 aliphatic carbocycles. The number of phenolic OH excluding ortho intramolecular Hbond substituents is 1. The number of phenols is 1. The summed E-state index contributed by atoms with van der Waals surface area (Å²) >= 11 is 0. The normalized spacial score (nSPS) is 26.3. The Balaban J connectivity index is 0.00000280. The number of rotatable bonds is 7. The molecule has 14 heteroatoms. The molecular formula is C26H34Cl2N4O8. The summed E-state index contributed by atoms with van der Waals surface area (Å²) in [5, 5.41) is 47.7. The average molecular weight is 601 g/mol. The number of allylic oxidation sites excluding steroid dienone is 1. The fraction of sp³-hybridized carbons (Fsp3) is 0.462. The number of benzene rings is 1. The monoisotopic (exact) mass is 600 g/mol. The van der Waals surface area contributed by atoms with Crippen molar-refractivity contribution in [3.05, 3.63) is 45.9 Å². The van der Waals surface area contributed by atoms with Gasteiger partial charge in [0.25, 0.3) is 5.91 Å². The van der Waals surface area contributed by atoms with Crippen molar-refractivity contribution in [3.8, 4) is 5.75 Å². The number of hydrogen-bond donors (Lipinski definition) is 6. The van der Waals surface area contributed by atoms with Crippen LogP contribution in [0.25, 0.3) is 0 Å². The van der Waals surface area contributed by atoms with Gasteiger partial charge in [-0.25, -0.2) is 0 Å². The number of aromatic hydroxyl groups is 1. The summed E-state index contributed by atoms with van der Waals surface area (Å²) in [6.45, 7) is 0.154. The summed E-state index contributed by atoms with van der Waals surface area (Å²) in [4.78, 5) is 53.6. The van der Waals surface area contributed by atoms with E-state index >= 15 is 0 Å². The Morgan fingerprint density at radius 2 is 1.80 bits per heavy atom. The molecular weight excluding hydrogens is 567 g/mol. The van der Waals surface area contributed by atoms with Gasteiger partial charge < -0.3 is 36.3 Å². The number of halogens is 2. The molecule has 0 spiro atoms. The third-order valence-electron chi connectivity index (χ3n) is 7.92. The number of nitrogens with zero attached hydrogens (tertiary/aromatic N) is 2. The molecule has 1 aromatic carbocycles. The first-order chi connectivity index (χ1) is 17.8. The lowest BCUT2D eigenvalue weighted by molar-refractivity contribution is -0.148. The number of ketones is 2. The van der Waals surface area contributed by atoms with Crippen LogP contribution < -0.4 is 11.1 Å². The second-order valence-corrected chi connectivity index (χ2v) is 10.5. The van der Waals surface area contributed by atoms with Gasteiger partial charge in [0, 0.05) is 18.0 Å². The zero-order chi connectivity index (χ0) is 28.3. The minimum absolute atomic E-state index is 0. The first-order valence-electron chi connectivity index (χ1n) is 12.1. The molecule has 1 amide bonds. The van der Waals surface area contributed by atoms with E-state index in [1.165, 1.54) is 4.90 Å². The third kappa shape index (κ3) is 4.83. The van der Waals surface area contributed by atoms with Gasteiger partial charge in [-0.3, -0.25) is 24.2 Å². The minimum atomic E-state index is -2.68. The van der Waals surface area contributed by atoms with Crippen LogP contribution >= 0.6 is 24.8 Å². The summed E-state index contributed by atoms with van der Waals surface area (Å²) in [5.41, 5.74) is 2.19. The van der Waals surface area contributed by atoms with Gasteiger partial charge in [-0.15, -0.1) is 24.8 Å². The molecule has 0 radical (unpaired) electrons. The van der Waals surface area contributed by atoms with Gasteiger partial charge in [0.2, 0.25) is 5.78 Å². The highest BCUT2D eigenvalue weighted by atomic mass is 35.5. The zero-order valence-corrected chi connectivity index (χ0v) is 24.0. The number of carbonyl (C=O) groups is 4. The van der Waals surface area contributed by atoms with Crippen molar-refractivity contribution in [2.45, 2.75) is 30.5 Å². The molecule has 12 nitrogen and oxygen atoms in total. The van der Waals surface area contributed by atoms with Crippen molar-refractivity contribution in [2.24, 2.45) is 17.6 Å². The second-order valence-electron chi connectivity index (χ2n) is 10.5. The Morgan fingerprint density at radius 3 is 2.33 bits per heavy atom. The van der Waals surface area contributed by atoms with Crippen molar-refractivity contribution in [2.75, 3.05) is 40.1 Å². The van der Waals surface area contributed by atoms with Crippen LogP contribution in [0.5, 0.6) is 5.75 Å². The Hall–Kier alpha value is -3.16. The maximum atomic E-state index is 13.7. The summed E-state index contributed by atoms with van der Waals surface area (Å²) in [5.74, 6) is -6.94. The molecule has 0 bridgehead atoms. The van der Waals surface area contributed by atoms with E-state index in [2.05, 4.69) is 5.32 Å². The highest BCUT2D eigenvalue weighted by Gasteiger charge is 2.63. The number of nitrogens with one attached hydrogen (secondary N) is 1. The van der Waals surface area contributed by atoms with Gasteiger partial charge >= 0.3 is 0 Å². The van der Waals surface area contributed by atoms with E-state index in [0.29, 0.717) is 5.56 Å². The van der Waals surface area contributed by atoms with Crippen LogP contribution in [0.2, 0.25) is 0 Å². The first kappa shape index (κ1) is 33.0. The lowest BCUT2D eigenvalue weighted by Gasteiger charge is -2.50. The number of aliphatic hydroxyl groups is 3. The summed E-state index contributed by atoms with van der Waals surface area (Å²) in [6.07, 6.45) is 0.975. The molecule has 7 N–H and O–H groups in total. The molecule has 0 aliphatic heterocycles. The van der Waals surface area contributed by atoms with Crippen LogP contribution in [0, 0.1) is 11.8 Å². The van der Waals surface area contributed by atoms with Crippen molar-refractivity contribution in [3.63, 3.8) is 0 Å². The zero-order valence-electron chi connectivity index (χ0n) is 22.4. The number of Topliss-reactive ketones (excluding diaryl/α,β-unsaturated/α-hetero) is 2. The molecule has 40 heavy (non-hydrogen) atoms. The third-order valence-corrected chi connectivity index (χ3v) is 7.92. The van der Waals surface area contributed by atoms with E-state index in [-0.39, 0.29) is 66.8 Å². The first-order valence-corrected chi connectivity index (χ1v) is 12.1. The molecule has 0 saturated heterocycles. The number of primary amides is 1. The Labute approximate surface area is 243 Å². The van der Waals surface area contributed by atoms with Crippen LogP contribution in [-0.2, 0) is 20.8 Å². The van der Waals surface area contributed by atoms with Crippen LogP contribution in [0.4, 0.5) is 5.69 Å². The summed E-state index contributed by atoms with van der Waals surface area (Å²) in [7, 11) is 6.59. The fourth-order valence-corrected chi connectivity index (χ4v) is 5.93. The molecule has 0 heterocycles. The molecule has 4 unspecified atom stereocenters. The van der Waals surface area contributed by atoms with Gasteiger partial charge in [-0.2, -0.15) is 0 Å². The predicted molar refractivity (Wildman–Crippen MR) is 150 cm³/mol. The maximum Gasteiger partial charge on any atom is 0.255 e. The quantitative estimate of drug-likeness (QED) is 0.145. The van der Waals surface area contributed by atoms with E-state index in [4.69, 9.17) is 5.73 Å². The number of aldehydes is 1. The van der Waals surface area contributed by atoms with Crippen molar-refractivity contribution in [1.82, 2.24) is 9.80 Å². The van der Waals surface area contributed by atoms with Crippen molar-refractivity contribution < 1.29 is 39.6 Å². The van der Waals surface area contributed by atoms with Crippen LogP contribution in [0.3, 0.4) is 0 Å². The number of fused-ring (bicyclic) bond motifs is 3. The average Bonchev–Trinajstić information content (AvgIpc) is 2.82. The number of hydrogen-bond acceptors (Lipinski definition) is 11. The standard InChI is InChI=1S/C26H32N4O8.2ClH/c1-29(2)13(10-31)9-28-15-6-5-11-7-12-8-14-19(30(3)4)22(34)18(25(27)37)24(36)26(14,38)23(35)17(12)21(33)16(11)20(15)32;;/h5-6,10,12-14,19,28,32,34-35,38H,7-9H2,1-4H3,(H2,27,37);2*1H/t12?,13?,14?,19-,26?;;/m0../s1. The van der Waals surface area contributed by atoms with Crippen molar-refractivity contribution >= 4 is 54.3 Å². The van der Waals surface area contributed by atoms with Gasteiger partial charge in [0.1, 0.15) is 29.1 Å². The number of amides is 1. The van der Waals surface area contributed by atoms with Crippen LogP contribution in [0.1, 0.15) is 22.3 Å². The highest BCUT2D eigenvalue weighted by Crippen LogP contribution is 2.52. The highest BCUT2D eigenvalue weighted by molar-refractivity contribution is 6.24. The van der Waals surface area contributed by atoms with Gasteiger partial charge in [0.15, 0.2) is 11.4 Å². The fourth-order valence-electron chi connectivity index (χ4n) is 5.93. The van der Waals surface area contributed by atoms with Crippen LogP contribution in [-0.4, -0.2) is 106 Å². The summed E-state index contributed by atoms with van der Waals surface area (Å²) < 4.78 is 0. The van der Waals surface area contributed by atoms with E-state index in [9.17, 15) is 39.6 Å². The van der Waals surface area contributed by atoms with Crippen LogP contribution in [0.15, 0.2) is 34.8 Å². The van der Waals surface area contributed by atoms with Gasteiger partial charge in [0.05, 0.1) is 23.3 Å². The second kappa shape index (κ2) is 11.8. The number of anilines is 1. The lowest BCUT2D eigenvalue weighted by atomic mass is 9.58. The molecule has 1 aromatic rings.